The van der Waals surface area contributed by atoms with Crippen LogP contribution >= 0.6 is 0 Å². The molecule has 148 valence electrons. The van der Waals surface area contributed by atoms with Crippen molar-refractivity contribution in [2.45, 2.75) is 4.90 Å². The van der Waals surface area contributed by atoms with Crippen molar-refractivity contribution in [3.8, 4) is 17.2 Å². The van der Waals surface area contributed by atoms with E-state index in [9.17, 15) is 18.5 Å². The molecule has 1 aromatic heterocycles. The summed E-state index contributed by atoms with van der Waals surface area (Å²) in [6, 6.07) is 6.83. The summed E-state index contributed by atoms with van der Waals surface area (Å²) >= 11 is 0. The van der Waals surface area contributed by atoms with E-state index < -0.39 is 14.9 Å². The number of aromatic amines is 1. The summed E-state index contributed by atoms with van der Waals surface area (Å²) in [5.74, 6) is 0.860. The number of hydrogen-bond donors (Lipinski definition) is 2. The van der Waals surface area contributed by atoms with E-state index in [4.69, 9.17) is 14.2 Å². The standard InChI is InChI=1S/C17H17N3O7S/c1-25-14-6-10(7-15(26-2)17(14)27-3)19-28(23,24)16-9-18-13-5-4-11(20(21)22)8-12(13)16/h4-9,18-19H,1-3H3. The molecular formula is C17H17N3O7S. The van der Waals surface area contributed by atoms with Gasteiger partial charge in [0, 0.05) is 41.4 Å². The van der Waals surface area contributed by atoms with Gasteiger partial charge in [-0.15, -0.1) is 0 Å². The number of methoxy groups -OCH3 is 3. The molecule has 0 fully saturated rings. The Bertz CT molecular complexity index is 1130. The summed E-state index contributed by atoms with van der Waals surface area (Å²) in [5.41, 5.74) is 0.418. The van der Waals surface area contributed by atoms with E-state index in [0.717, 1.165) is 0 Å². The fourth-order valence-electron chi connectivity index (χ4n) is 2.77. The Hall–Kier alpha value is -3.47. The molecule has 11 heteroatoms. The van der Waals surface area contributed by atoms with Crippen molar-refractivity contribution in [3.05, 3.63) is 46.6 Å². The Morgan fingerprint density at radius 3 is 2.21 bits per heavy atom. The van der Waals surface area contributed by atoms with Gasteiger partial charge in [0.25, 0.3) is 15.7 Å². The van der Waals surface area contributed by atoms with Gasteiger partial charge in [0.2, 0.25) is 5.75 Å². The molecule has 0 aliphatic rings. The number of nitro groups is 1. The third-order valence-corrected chi connectivity index (χ3v) is 5.47. The van der Waals surface area contributed by atoms with E-state index in [1.165, 1.54) is 57.9 Å². The van der Waals surface area contributed by atoms with E-state index in [0.29, 0.717) is 11.3 Å². The fourth-order valence-corrected chi connectivity index (χ4v) is 3.98. The molecule has 3 rings (SSSR count). The number of nitrogens with zero attached hydrogens (tertiary/aromatic N) is 1. The van der Waals surface area contributed by atoms with Gasteiger partial charge in [0.15, 0.2) is 11.5 Å². The molecule has 0 radical (unpaired) electrons. The van der Waals surface area contributed by atoms with Gasteiger partial charge in [-0.2, -0.15) is 0 Å². The molecule has 0 spiro atoms. The molecule has 10 nitrogen and oxygen atoms in total. The molecule has 0 saturated carbocycles. The molecular weight excluding hydrogens is 390 g/mol. The number of H-pyrrole nitrogens is 1. The first kappa shape index (κ1) is 19.3. The number of benzene rings is 2. The lowest BCUT2D eigenvalue weighted by atomic mass is 10.2. The molecule has 28 heavy (non-hydrogen) atoms. The zero-order valence-electron chi connectivity index (χ0n) is 15.2. The lowest BCUT2D eigenvalue weighted by molar-refractivity contribution is -0.384. The number of ether oxygens (including phenoxy) is 3. The summed E-state index contributed by atoms with van der Waals surface area (Å²) in [6.45, 7) is 0. The van der Waals surface area contributed by atoms with Crippen molar-refractivity contribution in [2.24, 2.45) is 0 Å². The van der Waals surface area contributed by atoms with Crippen molar-refractivity contribution in [1.82, 2.24) is 4.98 Å². The van der Waals surface area contributed by atoms with Crippen molar-refractivity contribution in [1.29, 1.82) is 0 Å². The van der Waals surface area contributed by atoms with Gasteiger partial charge in [0.05, 0.1) is 31.9 Å². The maximum atomic E-state index is 12.9. The molecule has 0 amide bonds. The zero-order chi connectivity index (χ0) is 20.5. The highest BCUT2D eigenvalue weighted by atomic mass is 32.2. The molecule has 0 unspecified atom stereocenters. The van der Waals surface area contributed by atoms with E-state index in [-0.39, 0.29) is 33.2 Å². The molecule has 0 atom stereocenters. The number of aromatic nitrogens is 1. The SMILES string of the molecule is COc1cc(NS(=O)(=O)c2c[nH]c3ccc([N+](=O)[O-])cc23)cc(OC)c1OC. The number of nitro benzene ring substituents is 1. The smallest absolute Gasteiger partial charge is 0.270 e. The minimum atomic E-state index is -4.06. The van der Waals surface area contributed by atoms with Crippen LogP contribution in [0.1, 0.15) is 0 Å². The fraction of sp³-hybridized carbons (Fsp3) is 0.176. The van der Waals surface area contributed by atoms with Crippen LogP contribution in [0.5, 0.6) is 17.2 Å². The minimum absolute atomic E-state index is 0.125. The molecule has 0 aliphatic carbocycles. The van der Waals surface area contributed by atoms with Crippen molar-refractivity contribution >= 4 is 32.3 Å². The predicted octanol–water partition coefficient (Wildman–Crippen LogP) is 2.90. The molecule has 2 aromatic carbocycles. The summed E-state index contributed by atoms with van der Waals surface area (Å²) in [6.07, 6.45) is 1.27. The number of nitrogens with one attached hydrogen (secondary N) is 2. The van der Waals surface area contributed by atoms with Gasteiger partial charge in [0.1, 0.15) is 4.90 Å². The van der Waals surface area contributed by atoms with E-state index >= 15 is 0 Å². The normalized spacial score (nSPS) is 11.2. The minimum Gasteiger partial charge on any atom is -0.493 e. The average Bonchev–Trinajstić information content (AvgIpc) is 3.10. The van der Waals surface area contributed by atoms with Gasteiger partial charge >= 0.3 is 0 Å². The van der Waals surface area contributed by atoms with Gasteiger partial charge in [-0.05, 0) is 6.07 Å². The summed E-state index contributed by atoms with van der Waals surface area (Å²) < 4.78 is 43.9. The predicted molar refractivity (Wildman–Crippen MR) is 102 cm³/mol. The maximum absolute atomic E-state index is 12.9. The number of fused-ring (bicyclic) bond motifs is 1. The third kappa shape index (κ3) is 3.39. The summed E-state index contributed by atoms with van der Waals surface area (Å²) in [4.78, 5) is 13.1. The first-order valence-corrected chi connectivity index (χ1v) is 9.37. The largest absolute Gasteiger partial charge is 0.493 e. The first-order chi connectivity index (χ1) is 13.3. The molecule has 0 saturated heterocycles. The second-order valence-corrected chi connectivity index (χ2v) is 7.31. The monoisotopic (exact) mass is 407 g/mol. The molecule has 0 bridgehead atoms. The molecule has 2 N–H and O–H groups in total. The second-order valence-electron chi connectivity index (χ2n) is 5.66. The zero-order valence-corrected chi connectivity index (χ0v) is 16.0. The van der Waals surface area contributed by atoms with E-state index in [1.54, 1.807) is 0 Å². The quantitative estimate of drug-likeness (QED) is 0.454. The van der Waals surface area contributed by atoms with Crippen LogP contribution in [0, 0.1) is 10.1 Å². The van der Waals surface area contributed by atoms with E-state index in [2.05, 4.69) is 9.71 Å². The lowest BCUT2D eigenvalue weighted by Crippen LogP contribution is -2.13. The van der Waals surface area contributed by atoms with Gasteiger partial charge < -0.3 is 19.2 Å². The number of sulfonamides is 1. The summed E-state index contributed by atoms with van der Waals surface area (Å²) in [7, 11) is 0.191. The van der Waals surface area contributed by atoms with Crippen LogP contribution in [0.3, 0.4) is 0 Å². The van der Waals surface area contributed by atoms with Crippen LogP contribution < -0.4 is 18.9 Å². The van der Waals surface area contributed by atoms with Gasteiger partial charge in [-0.1, -0.05) is 0 Å². The van der Waals surface area contributed by atoms with Gasteiger partial charge in [-0.3, -0.25) is 14.8 Å². The Morgan fingerprint density at radius 1 is 1.04 bits per heavy atom. The third-order valence-electron chi connectivity index (χ3n) is 4.04. The molecule has 3 aromatic rings. The number of anilines is 1. The van der Waals surface area contributed by atoms with Crippen molar-refractivity contribution < 1.29 is 27.6 Å². The van der Waals surface area contributed by atoms with Crippen LogP contribution in [0.4, 0.5) is 11.4 Å². The van der Waals surface area contributed by atoms with Crippen LogP contribution in [-0.2, 0) is 10.0 Å². The molecule has 0 aliphatic heterocycles. The topological polar surface area (TPSA) is 133 Å². The van der Waals surface area contributed by atoms with Crippen LogP contribution in [0.15, 0.2) is 41.4 Å². The molecule has 1 heterocycles. The van der Waals surface area contributed by atoms with Crippen molar-refractivity contribution in [3.63, 3.8) is 0 Å². The van der Waals surface area contributed by atoms with Crippen LogP contribution in [0.2, 0.25) is 0 Å². The Balaban J connectivity index is 2.06. The van der Waals surface area contributed by atoms with Gasteiger partial charge in [-0.25, -0.2) is 8.42 Å². The number of rotatable bonds is 7. The first-order valence-electron chi connectivity index (χ1n) is 7.89. The highest BCUT2D eigenvalue weighted by Gasteiger charge is 2.23. The average molecular weight is 407 g/mol. The maximum Gasteiger partial charge on any atom is 0.270 e. The van der Waals surface area contributed by atoms with Crippen LogP contribution in [-0.4, -0.2) is 39.7 Å². The number of hydrogen-bond acceptors (Lipinski definition) is 7. The Kier molecular flexibility index (Phi) is 5.01. The highest BCUT2D eigenvalue weighted by molar-refractivity contribution is 7.93. The van der Waals surface area contributed by atoms with E-state index in [1.807, 2.05) is 0 Å². The second kappa shape index (κ2) is 7.27. The summed E-state index contributed by atoms with van der Waals surface area (Å²) in [5, 5.41) is 11.2. The Labute approximate surface area is 160 Å². The lowest BCUT2D eigenvalue weighted by Gasteiger charge is -2.15. The number of non-ortho nitro benzene ring substituents is 1. The highest BCUT2D eigenvalue weighted by Crippen LogP contribution is 2.40. The Morgan fingerprint density at radius 2 is 1.68 bits per heavy atom. The van der Waals surface area contributed by atoms with Crippen molar-refractivity contribution in [2.75, 3.05) is 26.1 Å². The van der Waals surface area contributed by atoms with Crippen LogP contribution in [0.25, 0.3) is 10.9 Å².